The number of carbonyl (C=O) groups excluding carboxylic acids is 1. The SMILES string of the molecule is N#CCC(=O)c1cccc2nc(CCc3ccccc3)[nH]c12. The van der Waals surface area contributed by atoms with Crippen LogP contribution in [0.1, 0.15) is 28.2 Å². The summed E-state index contributed by atoms with van der Waals surface area (Å²) in [5.74, 6) is 0.683. The number of fused-ring (bicyclic) bond motifs is 1. The molecular formula is C18H15N3O. The van der Waals surface area contributed by atoms with Crippen LogP contribution in [0.2, 0.25) is 0 Å². The summed E-state index contributed by atoms with van der Waals surface area (Å²) in [6, 6.07) is 17.5. The number of hydrogen-bond acceptors (Lipinski definition) is 3. The highest BCUT2D eigenvalue weighted by molar-refractivity contribution is 6.06. The normalized spacial score (nSPS) is 10.5. The minimum Gasteiger partial charge on any atom is -0.341 e. The van der Waals surface area contributed by atoms with Gasteiger partial charge in [0.15, 0.2) is 5.78 Å². The zero-order valence-electron chi connectivity index (χ0n) is 12.0. The Hall–Kier alpha value is -2.93. The highest BCUT2D eigenvalue weighted by Gasteiger charge is 2.13. The smallest absolute Gasteiger partial charge is 0.179 e. The summed E-state index contributed by atoms with van der Waals surface area (Å²) in [4.78, 5) is 19.7. The van der Waals surface area contributed by atoms with E-state index in [1.54, 1.807) is 12.1 Å². The average molecular weight is 289 g/mol. The molecular weight excluding hydrogens is 274 g/mol. The molecule has 0 unspecified atom stereocenters. The van der Waals surface area contributed by atoms with E-state index in [0.29, 0.717) is 5.56 Å². The minimum absolute atomic E-state index is 0.114. The van der Waals surface area contributed by atoms with Gasteiger partial charge < -0.3 is 4.98 Å². The zero-order chi connectivity index (χ0) is 15.4. The Morgan fingerprint density at radius 2 is 1.91 bits per heavy atom. The van der Waals surface area contributed by atoms with Gasteiger partial charge in [-0.2, -0.15) is 5.26 Å². The van der Waals surface area contributed by atoms with Crippen molar-refractivity contribution in [2.45, 2.75) is 19.3 Å². The second-order valence-electron chi connectivity index (χ2n) is 5.13. The predicted octanol–water partition coefficient (Wildman–Crippen LogP) is 3.44. The number of rotatable bonds is 5. The van der Waals surface area contributed by atoms with Crippen LogP contribution in [-0.2, 0) is 12.8 Å². The molecule has 22 heavy (non-hydrogen) atoms. The van der Waals surface area contributed by atoms with Crippen molar-refractivity contribution < 1.29 is 4.79 Å². The van der Waals surface area contributed by atoms with E-state index < -0.39 is 0 Å². The van der Waals surface area contributed by atoms with E-state index in [-0.39, 0.29) is 12.2 Å². The van der Waals surface area contributed by atoms with E-state index in [0.717, 1.165) is 29.7 Å². The number of hydrogen-bond donors (Lipinski definition) is 1. The fourth-order valence-electron chi connectivity index (χ4n) is 2.51. The molecule has 0 bridgehead atoms. The first-order chi connectivity index (χ1) is 10.8. The summed E-state index contributed by atoms with van der Waals surface area (Å²) in [5, 5.41) is 8.69. The summed E-state index contributed by atoms with van der Waals surface area (Å²) in [5.41, 5.74) is 3.29. The molecule has 4 nitrogen and oxygen atoms in total. The van der Waals surface area contributed by atoms with Gasteiger partial charge in [-0.15, -0.1) is 0 Å². The van der Waals surface area contributed by atoms with Crippen molar-refractivity contribution in [1.82, 2.24) is 9.97 Å². The number of nitriles is 1. The van der Waals surface area contributed by atoms with Gasteiger partial charge in [-0.05, 0) is 24.1 Å². The van der Waals surface area contributed by atoms with Crippen LogP contribution in [0.5, 0.6) is 0 Å². The second kappa shape index (κ2) is 6.23. The highest BCUT2D eigenvalue weighted by atomic mass is 16.1. The van der Waals surface area contributed by atoms with Crippen LogP contribution in [0, 0.1) is 11.3 Å². The summed E-state index contributed by atoms with van der Waals surface area (Å²) in [6.07, 6.45) is 1.56. The molecule has 1 N–H and O–H groups in total. The van der Waals surface area contributed by atoms with Crippen molar-refractivity contribution in [2.24, 2.45) is 0 Å². The van der Waals surface area contributed by atoms with E-state index in [2.05, 4.69) is 22.1 Å². The molecule has 1 aromatic heterocycles. The average Bonchev–Trinajstić information content (AvgIpc) is 2.97. The monoisotopic (exact) mass is 289 g/mol. The van der Waals surface area contributed by atoms with Gasteiger partial charge in [0.2, 0.25) is 0 Å². The minimum atomic E-state index is -0.175. The lowest BCUT2D eigenvalue weighted by Crippen LogP contribution is -1.98. The van der Waals surface area contributed by atoms with Crippen LogP contribution in [-0.4, -0.2) is 15.8 Å². The molecule has 0 amide bonds. The lowest BCUT2D eigenvalue weighted by molar-refractivity contribution is 0.0999. The lowest BCUT2D eigenvalue weighted by atomic mass is 10.1. The third-order valence-electron chi connectivity index (χ3n) is 3.60. The van der Waals surface area contributed by atoms with E-state index in [1.165, 1.54) is 5.56 Å². The Bertz CT molecular complexity index is 844. The van der Waals surface area contributed by atoms with Crippen LogP contribution < -0.4 is 0 Å². The van der Waals surface area contributed by atoms with Gasteiger partial charge in [0.05, 0.1) is 23.5 Å². The van der Waals surface area contributed by atoms with Crippen LogP contribution in [0.4, 0.5) is 0 Å². The Labute approximate surface area is 128 Å². The Morgan fingerprint density at radius 3 is 2.68 bits per heavy atom. The summed E-state index contributed by atoms with van der Waals surface area (Å²) < 4.78 is 0. The van der Waals surface area contributed by atoms with Gasteiger partial charge in [-0.1, -0.05) is 36.4 Å². The number of aryl methyl sites for hydroxylation is 2. The van der Waals surface area contributed by atoms with Crippen molar-refractivity contribution in [3.8, 4) is 6.07 Å². The van der Waals surface area contributed by atoms with E-state index >= 15 is 0 Å². The molecule has 2 aromatic carbocycles. The Kier molecular flexibility index (Phi) is 3.97. The van der Waals surface area contributed by atoms with Crippen LogP contribution in [0.3, 0.4) is 0 Å². The fraction of sp³-hybridized carbons (Fsp3) is 0.167. The molecule has 0 radical (unpaired) electrons. The standard InChI is InChI=1S/C18H15N3O/c19-12-11-16(22)14-7-4-8-15-18(14)21-17(20-15)10-9-13-5-2-1-3-6-13/h1-8H,9-11H2,(H,20,21). The molecule has 0 aliphatic carbocycles. The lowest BCUT2D eigenvalue weighted by Gasteiger charge is -1.99. The zero-order valence-corrected chi connectivity index (χ0v) is 12.0. The second-order valence-corrected chi connectivity index (χ2v) is 5.13. The first-order valence-corrected chi connectivity index (χ1v) is 7.19. The topological polar surface area (TPSA) is 69.5 Å². The number of carbonyl (C=O) groups is 1. The van der Waals surface area contributed by atoms with Crippen LogP contribution >= 0.6 is 0 Å². The van der Waals surface area contributed by atoms with Gasteiger partial charge in [0, 0.05) is 12.0 Å². The van der Waals surface area contributed by atoms with Gasteiger partial charge in [-0.25, -0.2) is 4.98 Å². The van der Waals surface area contributed by atoms with E-state index in [4.69, 9.17) is 5.26 Å². The number of H-pyrrole nitrogens is 1. The first kappa shape index (κ1) is 14.0. The number of aromatic amines is 1. The molecule has 0 aliphatic rings. The largest absolute Gasteiger partial charge is 0.341 e. The molecule has 0 fully saturated rings. The van der Waals surface area contributed by atoms with E-state index in [1.807, 2.05) is 30.3 Å². The number of nitrogens with zero attached hydrogens (tertiary/aromatic N) is 2. The molecule has 0 atom stereocenters. The molecule has 3 rings (SSSR count). The number of ketones is 1. The molecule has 0 saturated carbocycles. The molecule has 4 heteroatoms. The summed E-state index contributed by atoms with van der Waals surface area (Å²) in [6.45, 7) is 0. The van der Waals surface area contributed by atoms with Crippen molar-refractivity contribution in [3.05, 3.63) is 65.5 Å². The maximum atomic E-state index is 12.0. The number of nitrogens with one attached hydrogen (secondary N) is 1. The molecule has 0 aliphatic heterocycles. The maximum absolute atomic E-state index is 12.0. The maximum Gasteiger partial charge on any atom is 0.179 e. The fourth-order valence-corrected chi connectivity index (χ4v) is 2.51. The van der Waals surface area contributed by atoms with Crippen molar-refractivity contribution in [1.29, 1.82) is 5.26 Å². The summed E-state index contributed by atoms with van der Waals surface area (Å²) >= 11 is 0. The number of aromatic nitrogens is 2. The quantitative estimate of drug-likeness (QED) is 0.731. The summed E-state index contributed by atoms with van der Waals surface area (Å²) in [7, 11) is 0. The van der Waals surface area contributed by atoms with Crippen molar-refractivity contribution in [3.63, 3.8) is 0 Å². The van der Waals surface area contributed by atoms with Crippen molar-refractivity contribution >= 4 is 16.8 Å². The molecule has 3 aromatic rings. The van der Waals surface area contributed by atoms with Gasteiger partial charge >= 0.3 is 0 Å². The van der Waals surface area contributed by atoms with E-state index in [9.17, 15) is 4.79 Å². The number of Topliss-reactive ketones (excluding diaryl/α,β-unsaturated/α-hetero) is 1. The van der Waals surface area contributed by atoms with Crippen LogP contribution in [0.25, 0.3) is 11.0 Å². The highest BCUT2D eigenvalue weighted by Crippen LogP contribution is 2.19. The Balaban J connectivity index is 1.85. The van der Waals surface area contributed by atoms with Gasteiger partial charge in [0.25, 0.3) is 0 Å². The third-order valence-corrected chi connectivity index (χ3v) is 3.60. The predicted molar refractivity (Wildman–Crippen MR) is 84.5 cm³/mol. The van der Waals surface area contributed by atoms with Crippen molar-refractivity contribution in [2.75, 3.05) is 0 Å². The Morgan fingerprint density at radius 1 is 1.09 bits per heavy atom. The number of para-hydroxylation sites is 1. The number of benzene rings is 2. The molecule has 0 saturated heterocycles. The molecule has 0 spiro atoms. The first-order valence-electron chi connectivity index (χ1n) is 7.19. The van der Waals surface area contributed by atoms with Gasteiger partial charge in [-0.3, -0.25) is 4.79 Å². The third kappa shape index (κ3) is 2.89. The van der Waals surface area contributed by atoms with Gasteiger partial charge in [0.1, 0.15) is 5.82 Å². The molecule has 108 valence electrons. The molecule has 1 heterocycles. The number of imidazole rings is 1. The van der Waals surface area contributed by atoms with Crippen LogP contribution in [0.15, 0.2) is 48.5 Å².